The van der Waals surface area contributed by atoms with E-state index in [1.807, 2.05) is 19.2 Å². The van der Waals surface area contributed by atoms with Crippen LogP contribution in [0.3, 0.4) is 0 Å². The van der Waals surface area contributed by atoms with Crippen LogP contribution in [0.1, 0.15) is 35.2 Å². The van der Waals surface area contributed by atoms with Gasteiger partial charge < -0.3 is 20.9 Å². The molecule has 4 N–H and O–H groups in total. The van der Waals surface area contributed by atoms with E-state index in [1.165, 1.54) is 0 Å². The Morgan fingerprint density at radius 1 is 1.24 bits per heavy atom. The minimum absolute atomic E-state index is 0.0389. The van der Waals surface area contributed by atoms with E-state index in [4.69, 9.17) is 5.73 Å². The SMILES string of the molecule is CNC(=O)c1ccc(C[NH+](C)CC(=O)N2CCCC[C@@H]2C(N)=O)cc1. The van der Waals surface area contributed by atoms with Gasteiger partial charge in [0.05, 0.1) is 7.05 Å². The summed E-state index contributed by atoms with van der Waals surface area (Å²) in [6.45, 7) is 1.57. The van der Waals surface area contributed by atoms with Crippen LogP contribution in [0.15, 0.2) is 24.3 Å². The molecule has 1 aromatic carbocycles. The van der Waals surface area contributed by atoms with Crippen molar-refractivity contribution in [3.63, 3.8) is 0 Å². The van der Waals surface area contributed by atoms with Gasteiger partial charge in [0.25, 0.3) is 11.8 Å². The predicted molar refractivity (Wildman–Crippen MR) is 93.8 cm³/mol. The lowest BCUT2D eigenvalue weighted by molar-refractivity contribution is -0.885. The van der Waals surface area contributed by atoms with Crippen molar-refractivity contribution in [3.8, 4) is 0 Å². The molecular weight excluding hydrogens is 320 g/mol. The van der Waals surface area contributed by atoms with Crippen molar-refractivity contribution < 1.29 is 19.3 Å². The van der Waals surface area contributed by atoms with Gasteiger partial charge in [0, 0.05) is 24.7 Å². The number of nitrogens with one attached hydrogen (secondary N) is 2. The van der Waals surface area contributed by atoms with Crippen molar-refractivity contribution >= 4 is 17.7 Å². The van der Waals surface area contributed by atoms with Crippen LogP contribution in [0, 0.1) is 0 Å². The van der Waals surface area contributed by atoms with E-state index >= 15 is 0 Å². The number of likely N-dealkylation sites (N-methyl/N-ethyl adjacent to an activating group) is 1. The van der Waals surface area contributed by atoms with E-state index in [9.17, 15) is 14.4 Å². The molecule has 0 radical (unpaired) electrons. The Balaban J connectivity index is 1.92. The van der Waals surface area contributed by atoms with Crippen molar-refractivity contribution in [1.82, 2.24) is 10.2 Å². The van der Waals surface area contributed by atoms with E-state index in [-0.39, 0.29) is 11.8 Å². The maximum atomic E-state index is 12.5. The average molecular weight is 347 g/mol. The van der Waals surface area contributed by atoms with Crippen LogP contribution in [0.5, 0.6) is 0 Å². The summed E-state index contributed by atoms with van der Waals surface area (Å²) in [4.78, 5) is 38.3. The summed E-state index contributed by atoms with van der Waals surface area (Å²) < 4.78 is 0. The molecule has 0 bridgehead atoms. The van der Waals surface area contributed by atoms with E-state index in [2.05, 4.69) is 5.32 Å². The first-order chi connectivity index (χ1) is 11.9. The number of hydrogen-bond acceptors (Lipinski definition) is 3. The monoisotopic (exact) mass is 347 g/mol. The molecule has 0 aromatic heterocycles. The number of carbonyl (C=O) groups excluding carboxylic acids is 3. The fraction of sp³-hybridized carbons (Fsp3) is 0.500. The van der Waals surface area contributed by atoms with Crippen molar-refractivity contribution in [2.75, 3.05) is 27.2 Å². The summed E-state index contributed by atoms with van der Waals surface area (Å²) in [5, 5.41) is 2.59. The van der Waals surface area contributed by atoms with Crippen LogP contribution >= 0.6 is 0 Å². The van der Waals surface area contributed by atoms with Gasteiger partial charge in [0.1, 0.15) is 12.6 Å². The molecule has 3 amide bonds. The first kappa shape index (κ1) is 18.9. The molecule has 0 spiro atoms. The molecule has 0 aliphatic carbocycles. The van der Waals surface area contributed by atoms with Gasteiger partial charge >= 0.3 is 0 Å². The first-order valence-corrected chi connectivity index (χ1v) is 8.63. The van der Waals surface area contributed by atoms with Crippen LogP contribution in [0.4, 0.5) is 0 Å². The topological polar surface area (TPSA) is 96.9 Å². The molecule has 7 nitrogen and oxygen atoms in total. The molecule has 1 aromatic rings. The summed E-state index contributed by atoms with van der Waals surface area (Å²) >= 11 is 0. The van der Waals surface area contributed by atoms with Crippen molar-refractivity contribution in [2.24, 2.45) is 5.73 Å². The lowest BCUT2D eigenvalue weighted by Gasteiger charge is -2.33. The molecule has 25 heavy (non-hydrogen) atoms. The molecule has 2 rings (SSSR count). The average Bonchev–Trinajstić information content (AvgIpc) is 2.61. The molecule has 136 valence electrons. The second-order valence-electron chi connectivity index (χ2n) is 6.59. The summed E-state index contributed by atoms with van der Waals surface area (Å²) in [5.41, 5.74) is 7.08. The number of rotatable bonds is 6. The van der Waals surface area contributed by atoms with Crippen molar-refractivity contribution in [3.05, 3.63) is 35.4 Å². The summed E-state index contributed by atoms with van der Waals surface area (Å²) in [6.07, 6.45) is 2.49. The quantitative estimate of drug-likeness (QED) is 0.611. The van der Waals surface area contributed by atoms with Crippen LogP contribution in [-0.2, 0) is 16.1 Å². The van der Waals surface area contributed by atoms with Gasteiger partial charge in [-0.25, -0.2) is 0 Å². The standard InChI is InChI=1S/C18H26N4O3/c1-20-18(25)14-8-6-13(7-9-14)11-21(2)12-16(23)22-10-4-3-5-15(22)17(19)24/h6-9,15H,3-5,10-12H2,1-2H3,(H2,19,24)(H,20,25)/p+1/t15-/m1/s1. The number of nitrogens with two attached hydrogens (primary N) is 1. The second-order valence-corrected chi connectivity index (χ2v) is 6.59. The Labute approximate surface area is 148 Å². The number of nitrogens with zero attached hydrogens (tertiary/aromatic N) is 1. The van der Waals surface area contributed by atoms with Crippen LogP contribution in [0.25, 0.3) is 0 Å². The minimum atomic E-state index is -0.471. The Hall–Kier alpha value is -2.41. The molecule has 7 heteroatoms. The molecule has 1 heterocycles. The lowest BCUT2D eigenvalue weighted by Crippen LogP contribution is -3.09. The Bertz CT molecular complexity index is 630. The van der Waals surface area contributed by atoms with E-state index in [0.29, 0.717) is 31.6 Å². The fourth-order valence-corrected chi connectivity index (χ4v) is 3.21. The maximum Gasteiger partial charge on any atom is 0.278 e. The largest absolute Gasteiger partial charge is 0.368 e. The molecule has 0 saturated carbocycles. The second kappa shape index (κ2) is 8.62. The third-order valence-corrected chi connectivity index (χ3v) is 4.55. The van der Waals surface area contributed by atoms with Crippen LogP contribution in [0.2, 0.25) is 0 Å². The van der Waals surface area contributed by atoms with Gasteiger partial charge in [-0.2, -0.15) is 0 Å². The molecule has 1 aliphatic heterocycles. The zero-order chi connectivity index (χ0) is 18.4. The van der Waals surface area contributed by atoms with E-state index < -0.39 is 11.9 Å². The molecular formula is C18H27N4O3+. The fourth-order valence-electron chi connectivity index (χ4n) is 3.21. The minimum Gasteiger partial charge on any atom is -0.368 e. The highest BCUT2D eigenvalue weighted by molar-refractivity contribution is 5.93. The molecule has 1 fully saturated rings. The normalized spacial score (nSPS) is 18.5. The summed E-state index contributed by atoms with van der Waals surface area (Å²) in [5.74, 6) is -0.580. The number of piperidine rings is 1. The predicted octanol–water partition coefficient (Wildman–Crippen LogP) is -1.07. The van der Waals surface area contributed by atoms with Gasteiger partial charge in [-0.1, -0.05) is 12.1 Å². The van der Waals surface area contributed by atoms with E-state index in [1.54, 1.807) is 24.1 Å². The van der Waals surface area contributed by atoms with Crippen molar-refractivity contribution in [1.29, 1.82) is 0 Å². The van der Waals surface area contributed by atoms with E-state index in [0.717, 1.165) is 23.3 Å². The third kappa shape index (κ3) is 5.03. The Kier molecular flexibility index (Phi) is 6.52. The number of hydrogen-bond donors (Lipinski definition) is 3. The summed E-state index contributed by atoms with van der Waals surface area (Å²) in [6, 6.07) is 6.87. The number of benzene rings is 1. The number of primary amides is 1. The Morgan fingerprint density at radius 3 is 2.52 bits per heavy atom. The van der Waals surface area contributed by atoms with Crippen LogP contribution in [-0.4, -0.2) is 55.8 Å². The van der Waals surface area contributed by atoms with Gasteiger partial charge in [0.15, 0.2) is 6.54 Å². The highest BCUT2D eigenvalue weighted by Crippen LogP contribution is 2.16. The summed E-state index contributed by atoms with van der Waals surface area (Å²) in [7, 11) is 3.54. The first-order valence-electron chi connectivity index (χ1n) is 8.63. The highest BCUT2D eigenvalue weighted by Gasteiger charge is 2.31. The number of quaternary nitrogens is 1. The van der Waals surface area contributed by atoms with Gasteiger partial charge in [-0.15, -0.1) is 0 Å². The van der Waals surface area contributed by atoms with Crippen molar-refractivity contribution in [2.45, 2.75) is 31.8 Å². The van der Waals surface area contributed by atoms with Crippen LogP contribution < -0.4 is 16.0 Å². The number of amides is 3. The zero-order valence-corrected chi connectivity index (χ0v) is 14.9. The third-order valence-electron chi connectivity index (χ3n) is 4.55. The molecule has 1 saturated heterocycles. The smallest absolute Gasteiger partial charge is 0.278 e. The molecule has 1 aliphatic rings. The number of likely N-dealkylation sites (tertiary alicyclic amines) is 1. The van der Waals surface area contributed by atoms with Gasteiger partial charge in [-0.3, -0.25) is 14.4 Å². The molecule has 1 unspecified atom stereocenters. The van der Waals surface area contributed by atoms with Gasteiger partial charge in [-0.05, 0) is 31.4 Å². The van der Waals surface area contributed by atoms with Gasteiger partial charge in [0.2, 0.25) is 5.91 Å². The number of carbonyl (C=O) groups is 3. The molecule has 2 atom stereocenters. The maximum absolute atomic E-state index is 12.5. The zero-order valence-electron chi connectivity index (χ0n) is 14.9. The lowest BCUT2D eigenvalue weighted by atomic mass is 10.0. The highest BCUT2D eigenvalue weighted by atomic mass is 16.2. The Morgan fingerprint density at radius 2 is 1.92 bits per heavy atom.